The van der Waals surface area contributed by atoms with Gasteiger partial charge in [0.05, 0.1) is 24.2 Å². The van der Waals surface area contributed by atoms with Crippen molar-refractivity contribution < 1.29 is 22.7 Å². The number of anilines is 2. The highest BCUT2D eigenvalue weighted by atomic mass is 32.2. The molecule has 0 radical (unpaired) electrons. The Labute approximate surface area is 171 Å². The van der Waals surface area contributed by atoms with Crippen LogP contribution in [-0.2, 0) is 19.6 Å². The Bertz CT molecular complexity index is 911. The minimum Gasteiger partial charge on any atom is -0.495 e. The predicted molar refractivity (Wildman–Crippen MR) is 112 cm³/mol. The molecule has 29 heavy (non-hydrogen) atoms. The summed E-state index contributed by atoms with van der Waals surface area (Å²) in [5, 5.41) is 5.16. The minimum absolute atomic E-state index is 0.0968. The molecule has 1 fully saturated rings. The molecule has 8 nitrogen and oxygen atoms in total. The highest BCUT2D eigenvalue weighted by Crippen LogP contribution is 2.32. The monoisotopic (exact) mass is 421 g/mol. The van der Waals surface area contributed by atoms with Crippen LogP contribution in [0, 0.1) is 0 Å². The van der Waals surface area contributed by atoms with E-state index in [1.807, 2.05) is 0 Å². The standard InChI is InChI=1S/C20H27N3O5S/c1-28-18-9-8-16(23-12-5-13-29(23,26)27)14-17(18)22-20(25)19(24)21-11-10-15-6-3-2-4-7-15/h6,8-9,14H,2-5,7,10-13H2,1H3,(H,21,24)(H,22,25). The van der Waals surface area contributed by atoms with Gasteiger partial charge in [-0.05, 0) is 56.7 Å². The summed E-state index contributed by atoms with van der Waals surface area (Å²) in [5.74, 6) is -1.11. The number of amides is 2. The molecule has 1 aliphatic heterocycles. The van der Waals surface area contributed by atoms with E-state index in [0.717, 1.165) is 19.3 Å². The van der Waals surface area contributed by atoms with E-state index >= 15 is 0 Å². The van der Waals surface area contributed by atoms with Crippen LogP contribution in [0.4, 0.5) is 11.4 Å². The second-order valence-corrected chi connectivity index (χ2v) is 9.21. The number of sulfonamides is 1. The van der Waals surface area contributed by atoms with Crippen molar-refractivity contribution >= 4 is 33.2 Å². The molecule has 2 aliphatic rings. The van der Waals surface area contributed by atoms with E-state index in [1.54, 1.807) is 12.1 Å². The molecule has 0 unspecified atom stereocenters. The van der Waals surface area contributed by atoms with E-state index in [0.29, 0.717) is 30.9 Å². The maximum atomic E-state index is 12.3. The van der Waals surface area contributed by atoms with Gasteiger partial charge in [0.2, 0.25) is 10.0 Å². The maximum absolute atomic E-state index is 12.3. The van der Waals surface area contributed by atoms with Crippen molar-refractivity contribution in [1.29, 1.82) is 0 Å². The van der Waals surface area contributed by atoms with Crippen LogP contribution in [0.15, 0.2) is 29.8 Å². The molecule has 0 spiro atoms. The average Bonchev–Trinajstić information content (AvgIpc) is 3.07. The lowest BCUT2D eigenvalue weighted by Crippen LogP contribution is -2.36. The molecule has 158 valence electrons. The molecule has 1 aromatic carbocycles. The summed E-state index contributed by atoms with van der Waals surface area (Å²) in [7, 11) is -1.91. The summed E-state index contributed by atoms with van der Waals surface area (Å²) in [4.78, 5) is 24.4. The average molecular weight is 422 g/mol. The topological polar surface area (TPSA) is 105 Å². The molecule has 2 amide bonds. The van der Waals surface area contributed by atoms with Crippen LogP contribution in [0.3, 0.4) is 0 Å². The fourth-order valence-electron chi connectivity index (χ4n) is 3.61. The van der Waals surface area contributed by atoms with Gasteiger partial charge in [0.1, 0.15) is 5.75 Å². The van der Waals surface area contributed by atoms with E-state index in [9.17, 15) is 18.0 Å². The Balaban J connectivity index is 1.63. The van der Waals surface area contributed by atoms with Crippen LogP contribution in [0.5, 0.6) is 5.75 Å². The molecule has 0 saturated carbocycles. The van der Waals surface area contributed by atoms with Crippen molar-refractivity contribution in [3.63, 3.8) is 0 Å². The number of carbonyl (C=O) groups is 2. The van der Waals surface area contributed by atoms with Gasteiger partial charge in [0, 0.05) is 13.1 Å². The number of carbonyl (C=O) groups excluding carboxylic acids is 2. The van der Waals surface area contributed by atoms with Crippen LogP contribution in [-0.4, -0.2) is 46.2 Å². The van der Waals surface area contributed by atoms with Gasteiger partial charge in [0.15, 0.2) is 0 Å². The quantitative estimate of drug-likeness (QED) is 0.541. The normalized spacial score (nSPS) is 18.1. The summed E-state index contributed by atoms with van der Waals surface area (Å²) in [6.07, 6.45) is 8.00. The van der Waals surface area contributed by atoms with E-state index in [1.165, 1.54) is 35.9 Å². The van der Waals surface area contributed by atoms with Gasteiger partial charge in [0.25, 0.3) is 0 Å². The summed E-state index contributed by atoms with van der Waals surface area (Å²) in [6, 6.07) is 4.71. The zero-order valence-electron chi connectivity index (χ0n) is 16.6. The summed E-state index contributed by atoms with van der Waals surface area (Å²) < 4.78 is 30.8. The van der Waals surface area contributed by atoms with Crippen molar-refractivity contribution in [3.05, 3.63) is 29.8 Å². The van der Waals surface area contributed by atoms with Crippen LogP contribution < -0.4 is 19.7 Å². The van der Waals surface area contributed by atoms with Crippen molar-refractivity contribution in [2.75, 3.05) is 35.6 Å². The van der Waals surface area contributed by atoms with Crippen LogP contribution in [0.2, 0.25) is 0 Å². The van der Waals surface area contributed by atoms with Gasteiger partial charge in [-0.15, -0.1) is 0 Å². The Morgan fingerprint density at radius 2 is 2.00 bits per heavy atom. The molecule has 3 rings (SSSR count). The van der Waals surface area contributed by atoms with Gasteiger partial charge < -0.3 is 15.4 Å². The second-order valence-electron chi connectivity index (χ2n) is 7.19. The van der Waals surface area contributed by atoms with Gasteiger partial charge in [-0.25, -0.2) is 8.42 Å². The molecule has 2 N–H and O–H groups in total. The van der Waals surface area contributed by atoms with E-state index in [4.69, 9.17) is 4.74 Å². The maximum Gasteiger partial charge on any atom is 0.313 e. The van der Waals surface area contributed by atoms with Gasteiger partial charge in [-0.3, -0.25) is 13.9 Å². The lowest BCUT2D eigenvalue weighted by Gasteiger charge is -2.19. The largest absolute Gasteiger partial charge is 0.495 e. The van der Waals surface area contributed by atoms with Crippen molar-refractivity contribution in [2.24, 2.45) is 0 Å². The van der Waals surface area contributed by atoms with Gasteiger partial charge in [-0.1, -0.05) is 11.6 Å². The number of hydrogen-bond donors (Lipinski definition) is 2. The molecule has 0 aromatic heterocycles. The van der Waals surface area contributed by atoms with Gasteiger partial charge in [-0.2, -0.15) is 0 Å². The first-order chi connectivity index (χ1) is 13.9. The molecular weight excluding hydrogens is 394 g/mol. The first kappa shape index (κ1) is 21.2. The first-order valence-electron chi connectivity index (χ1n) is 9.86. The van der Waals surface area contributed by atoms with E-state index in [2.05, 4.69) is 16.7 Å². The van der Waals surface area contributed by atoms with Crippen molar-refractivity contribution in [2.45, 2.75) is 38.5 Å². The Morgan fingerprint density at radius 3 is 2.66 bits per heavy atom. The predicted octanol–water partition coefficient (Wildman–Crippen LogP) is 2.18. The summed E-state index contributed by atoms with van der Waals surface area (Å²) >= 11 is 0. The third-order valence-electron chi connectivity index (χ3n) is 5.14. The molecule has 9 heteroatoms. The zero-order chi connectivity index (χ0) is 20.9. The number of methoxy groups -OCH3 is 1. The second kappa shape index (κ2) is 9.30. The van der Waals surface area contributed by atoms with Crippen LogP contribution in [0.1, 0.15) is 38.5 Å². The number of hydrogen-bond acceptors (Lipinski definition) is 5. The number of benzene rings is 1. The van der Waals surface area contributed by atoms with Crippen molar-refractivity contribution in [3.8, 4) is 5.75 Å². The number of ether oxygens (including phenoxy) is 1. The minimum atomic E-state index is -3.35. The SMILES string of the molecule is COc1ccc(N2CCCS2(=O)=O)cc1NC(=O)C(=O)NCCC1=CCCCC1. The molecule has 1 saturated heterocycles. The van der Waals surface area contributed by atoms with Crippen LogP contribution in [0.25, 0.3) is 0 Å². The first-order valence-corrected chi connectivity index (χ1v) is 11.5. The number of allylic oxidation sites excluding steroid dienone is 1. The third kappa shape index (κ3) is 5.29. The fourth-order valence-corrected chi connectivity index (χ4v) is 5.16. The molecule has 0 atom stereocenters. The molecule has 0 bridgehead atoms. The third-order valence-corrected chi connectivity index (χ3v) is 7.01. The van der Waals surface area contributed by atoms with E-state index in [-0.39, 0.29) is 11.4 Å². The van der Waals surface area contributed by atoms with Gasteiger partial charge >= 0.3 is 11.8 Å². The number of rotatable bonds is 6. The lowest BCUT2D eigenvalue weighted by molar-refractivity contribution is -0.136. The molecule has 1 aromatic rings. The molecular formula is C20H27N3O5S. The zero-order valence-corrected chi connectivity index (χ0v) is 17.4. The van der Waals surface area contributed by atoms with Crippen molar-refractivity contribution in [1.82, 2.24) is 5.32 Å². The Morgan fingerprint density at radius 1 is 1.17 bits per heavy atom. The fraction of sp³-hybridized carbons (Fsp3) is 0.500. The highest BCUT2D eigenvalue weighted by Gasteiger charge is 2.29. The summed E-state index contributed by atoms with van der Waals surface area (Å²) in [5.41, 5.74) is 2.00. The molecule has 1 aliphatic carbocycles. The number of nitrogens with zero attached hydrogens (tertiary/aromatic N) is 1. The highest BCUT2D eigenvalue weighted by molar-refractivity contribution is 7.93. The Hall–Kier alpha value is -2.55. The van der Waals surface area contributed by atoms with Crippen LogP contribution >= 0.6 is 0 Å². The van der Waals surface area contributed by atoms with E-state index < -0.39 is 21.8 Å². The Kier molecular flexibility index (Phi) is 6.79. The number of nitrogens with one attached hydrogen (secondary N) is 2. The molecule has 1 heterocycles. The lowest BCUT2D eigenvalue weighted by atomic mass is 9.97. The summed E-state index contributed by atoms with van der Waals surface area (Å²) in [6.45, 7) is 0.791. The smallest absolute Gasteiger partial charge is 0.313 e.